The van der Waals surface area contributed by atoms with Gasteiger partial charge in [0.2, 0.25) is 0 Å². The maximum atomic E-state index is 9.19. The number of aliphatic hydroxyl groups is 1. The third-order valence-electron chi connectivity index (χ3n) is 2.29. The molecule has 0 atom stereocenters. The van der Waals surface area contributed by atoms with Gasteiger partial charge in [0.1, 0.15) is 5.82 Å². The van der Waals surface area contributed by atoms with E-state index in [-0.39, 0.29) is 12.0 Å². The monoisotopic (exact) mass is 191 g/mol. The van der Waals surface area contributed by atoms with Crippen LogP contribution < -0.4 is 0 Å². The summed E-state index contributed by atoms with van der Waals surface area (Å²) >= 11 is 0. The predicted octanol–water partition coefficient (Wildman–Crippen LogP) is 1.23. The molecule has 0 aliphatic rings. The Hall–Kier alpha value is -1.42. The highest BCUT2D eigenvalue weighted by atomic mass is 16.3. The number of aromatic nitrogens is 3. The van der Waals surface area contributed by atoms with Gasteiger partial charge in [0, 0.05) is 11.6 Å². The Morgan fingerprint density at radius 2 is 2.29 bits per heavy atom. The summed E-state index contributed by atoms with van der Waals surface area (Å²) in [5.74, 6) is 0.772. The van der Waals surface area contributed by atoms with Crippen molar-refractivity contribution in [3.05, 3.63) is 24.2 Å². The van der Waals surface area contributed by atoms with Crippen LogP contribution >= 0.6 is 0 Å². The Morgan fingerprint density at radius 1 is 1.50 bits per heavy atom. The van der Waals surface area contributed by atoms with Crippen LogP contribution in [0.1, 0.15) is 19.7 Å². The van der Waals surface area contributed by atoms with E-state index < -0.39 is 0 Å². The molecule has 0 radical (unpaired) electrons. The lowest BCUT2D eigenvalue weighted by atomic mass is 9.94. The van der Waals surface area contributed by atoms with Gasteiger partial charge in [-0.15, -0.1) is 0 Å². The predicted molar refractivity (Wildman–Crippen MR) is 54.0 cm³/mol. The van der Waals surface area contributed by atoms with Crippen LogP contribution in [-0.4, -0.2) is 26.7 Å². The van der Waals surface area contributed by atoms with Gasteiger partial charge in [0.15, 0.2) is 5.65 Å². The Labute approximate surface area is 82.0 Å². The fraction of sp³-hybridized carbons (Fsp3) is 0.400. The maximum absolute atomic E-state index is 9.19. The number of pyridine rings is 1. The topological polar surface area (TPSA) is 61.8 Å². The molecule has 0 unspecified atom stereocenters. The van der Waals surface area contributed by atoms with Gasteiger partial charge >= 0.3 is 0 Å². The fourth-order valence-electron chi connectivity index (χ4n) is 1.24. The van der Waals surface area contributed by atoms with Crippen molar-refractivity contribution in [1.29, 1.82) is 0 Å². The molecule has 2 aromatic heterocycles. The first kappa shape index (κ1) is 9.15. The number of aliphatic hydroxyl groups excluding tert-OH is 1. The summed E-state index contributed by atoms with van der Waals surface area (Å²) in [7, 11) is 0. The van der Waals surface area contributed by atoms with E-state index in [1.54, 1.807) is 6.20 Å². The zero-order valence-electron chi connectivity index (χ0n) is 8.28. The van der Waals surface area contributed by atoms with Crippen molar-refractivity contribution >= 4 is 11.2 Å². The average molecular weight is 191 g/mol. The first-order valence-corrected chi connectivity index (χ1v) is 4.55. The fourth-order valence-corrected chi connectivity index (χ4v) is 1.24. The molecule has 14 heavy (non-hydrogen) atoms. The minimum Gasteiger partial charge on any atom is -0.395 e. The molecule has 4 nitrogen and oxygen atoms in total. The van der Waals surface area contributed by atoms with Crippen molar-refractivity contribution in [2.45, 2.75) is 19.3 Å². The molecule has 2 N–H and O–H groups in total. The van der Waals surface area contributed by atoms with Crippen molar-refractivity contribution in [1.82, 2.24) is 15.0 Å². The third-order valence-corrected chi connectivity index (χ3v) is 2.29. The highest BCUT2D eigenvalue weighted by molar-refractivity contribution is 5.70. The van der Waals surface area contributed by atoms with Gasteiger partial charge in [0.05, 0.1) is 12.1 Å². The average Bonchev–Trinajstić information content (AvgIpc) is 2.61. The lowest BCUT2D eigenvalue weighted by Crippen LogP contribution is -2.23. The van der Waals surface area contributed by atoms with E-state index in [0.29, 0.717) is 5.65 Å². The van der Waals surface area contributed by atoms with Gasteiger partial charge in [-0.3, -0.25) is 0 Å². The number of imidazole rings is 1. The smallest absolute Gasteiger partial charge is 0.177 e. The van der Waals surface area contributed by atoms with E-state index in [4.69, 9.17) is 0 Å². The summed E-state index contributed by atoms with van der Waals surface area (Å²) in [6.07, 6.45) is 1.71. The van der Waals surface area contributed by atoms with Crippen LogP contribution in [0.15, 0.2) is 18.3 Å². The van der Waals surface area contributed by atoms with Crippen LogP contribution in [0.2, 0.25) is 0 Å². The Bertz CT molecular complexity index is 414. The standard InChI is InChI=1S/C10H13N3O/c1-10(2,6-14)9-12-7-4-3-5-11-8(7)13-9/h3-5,14H,6H2,1-2H3,(H,11,12,13). The second-order valence-electron chi connectivity index (χ2n) is 4.00. The van der Waals surface area contributed by atoms with Gasteiger partial charge in [-0.2, -0.15) is 0 Å². The summed E-state index contributed by atoms with van der Waals surface area (Å²) in [5.41, 5.74) is 1.26. The summed E-state index contributed by atoms with van der Waals surface area (Å²) in [4.78, 5) is 11.6. The lowest BCUT2D eigenvalue weighted by Gasteiger charge is -2.17. The number of nitrogens with one attached hydrogen (secondary N) is 1. The summed E-state index contributed by atoms with van der Waals surface area (Å²) in [6, 6.07) is 3.78. The molecule has 0 bridgehead atoms. The molecule has 0 saturated heterocycles. The second kappa shape index (κ2) is 3.06. The molecule has 2 heterocycles. The molecule has 0 saturated carbocycles. The third kappa shape index (κ3) is 1.37. The van der Waals surface area contributed by atoms with Crippen molar-refractivity contribution in [2.24, 2.45) is 0 Å². The number of fused-ring (bicyclic) bond motifs is 1. The Kier molecular flexibility index (Phi) is 2.00. The molecule has 0 fully saturated rings. The first-order chi connectivity index (χ1) is 6.63. The molecular weight excluding hydrogens is 178 g/mol. The van der Waals surface area contributed by atoms with Crippen LogP contribution in [-0.2, 0) is 5.41 Å². The van der Waals surface area contributed by atoms with Gasteiger partial charge < -0.3 is 10.1 Å². The van der Waals surface area contributed by atoms with Crippen molar-refractivity contribution < 1.29 is 5.11 Å². The van der Waals surface area contributed by atoms with Crippen molar-refractivity contribution in [3.63, 3.8) is 0 Å². The van der Waals surface area contributed by atoms with E-state index in [9.17, 15) is 5.11 Å². The van der Waals surface area contributed by atoms with Gasteiger partial charge in [-0.05, 0) is 12.1 Å². The van der Waals surface area contributed by atoms with E-state index in [0.717, 1.165) is 11.3 Å². The van der Waals surface area contributed by atoms with Crippen molar-refractivity contribution in [3.8, 4) is 0 Å². The number of hydrogen-bond acceptors (Lipinski definition) is 3. The summed E-state index contributed by atoms with van der Waals surface area (Å²) in [6.45, 7) is 3.93. The summed E-state index contributed by atoms with van der Waals surface area (Å²) < 4.78 is 0. The molecule has 2 rings (SSSR count). The number of hydrogen-bond donors (Lipinski definition) is 2. The van der Waals surface area contributed by atoms with Crippen LogP contribution in [0.4, 0.5) is 0 Å². The molecular formula is C10H13N3O. The highest BCUT2D eigenvalue weighted by Gasteiger charge is 2.23. The maximum Gasteiger partial charge on any atom is 0.177 e. The first-order valence-electron chi connectivity index (χ1n) is 4.55. The Balaban J connectivity index is 2.55. The number of aromatic amines is 1. The molecule has 74 valence electrons. The van der Waals surface area contributed by atoms with Crippen molar-refractivity contribution in [2.75, 3.05) is 6.61 Å². The number of rotatable bonds is 2. The van der Waals surface area contributed by atoms with Crippen LogP contribution in [0, 0.1) is 0 Å². The van der Waals surface area contributed by atoms with E-state index >= 15 is 0 Å². The molecule has 0 amide bonds. The van der Waals surface area contributed by atoms with Crippen LogP contribution in [0.25, 0.3) is 11.2 Å². The zero-order chi connectivity index (χ0) is 10.2. The molecule has 4 heteroatoms. The lowest BCUT2D eigenvalue weighted by molar-refractivity contribution is 0.212. The minimum absolute atomic E-state index is 0.0623. The van der Waals surface area contributed by atoms with E-state index in [1.807, 2.05) is 26.0 Å². The van der Waals surface area contributed by atoms with Crippen LogP contribution in [0.3, 0.4) is 0 Å². The molecule has 0 aromatic carbocycles. The van der Waals surface area contributed by atoms with E-state index in [2.05, 4.69) is 15.0 Å². The summed E-state index contributed by atoms with van der Waals surface area (Å²) in [5, 5.41) is 9.19. The van der Waals surface area contributed by atoms with Crippen LogP contribution in [0.5, 0.6) is 0 Å². The number of nitrogens with zero attached hydrogens (tertiary/aromatic N) is 2. The Morgan fingerprint density at radius 3 is 2.93 bits per heavy atom. The molecule has 0 aliphatic carbocycles. The second-order valence-corrected chi connectivity index (χ2v) is 4.00. The van der Waals surface area contributed by atoms with E-state index in [1.165, 1.54) is 0 Å². The quantitative estimate of drug-likeness (QED) is 0.750. The number of H-pyrrole nitrogens is 1. The van der Waals surface area contributed by atoms with Gasteiger partial charge in [0.25, 0.3) is 0 Å². The SMILES string of the molecule is CC(C)(CO)c1nc2ncccc2[nH]1. The highest BCUT2D eigenvalue weighted by Crippen LogP contribution is 2.21. The van der Waals surface area contributed by atoms with Gasteiger partial charge in [-0.1, -0.05) is 13.8 Å². The molecule has 0 aliphatic heterocycles. The minimum atomic E-state index is -0.347. The molecule has 0 spiro atoms. The normalized spacial score (nSPS) is 12.2. The molecule has 2 aromatic rings. The van der Waals surface area contributed by atoms with Gasteiger partial charge in [-0.25, -0.2) is 9.97 Å². The zero-order valence-corrected chi connectivity index (χ0v) is 8.28. The largest absolute Gasteiger partial charge is 0.395 e.